The minimum absolute atomic E-state index is 0.0415. The van der Waals surface area contributed by atoms with E-state index in [1.54, 1.807) is 0 Å². The van der Waals surface area contributed by atoms with Crippen LogP contribution >= 0.6 is 23.4 Å². The van der Waals surface area contributed by atoms with E-state index in [1.807, 2.05) is 0 Å². The molecule has 0 saturated heterocycles. The molecule has 0 bridgehead atoms. The molecule has 0 atom stereocenters. The highest BCUT2D eigenvalue weighted by atomic mass is 35.5. The first-order valence-corrected chi connectivity index (χ1v) is 8.13. The number of benzene rings is 2. The number of alkyl halides is 3. The molecule has 2 nitrogen and oxygen atoms in total. The third kappa shape index (κ3) is 5.42. The molecule has 8 heteroatoms. The Morgan fingerprint density at radius 2 is 1.79 bits per heavy atom. The fraction of sp³-hybridized carbons (Fsp3) is 0.188. The highest BCUT2D eigenvalue weighted by Gasteiger charge is 2.33. The van der Waals surface area contributed by atoms with E-state index >= 15 is 0 Å². The molecule has 0 aliphatic heterocycles. The molecule has 24 heavy (non-hydrogen) atoms. The van der Waals surface area contributed by atoms with E-state index in [9.17, 15) is 22.4 Å². The Kier molecular flexibility index (Phi) is 6.12. The van der Waals surface area contributed by atoms with Gasteiger partial charge in [-0.25, -0.2) is 4.39 Å². The van der Waals surface area contributed by atoms with Crippen molar-refractivity contribution in [3.05, 3.63) is 64.4 Å². The molecular formula is C16H12ClF4NOS. The molecule has 2 aromatic carbocycles. The highest BCUT2D eigenvalue weighted by molar-refractivity contribution is 8.00. The molecule has 0 aliphatic carbocycles. The highest BCUT2D eigenvalue weighted by Crippen LogP contribution is 2.36. The summed E-state index contributed by atoms with van der Waals surface area (Å²) in [6.07, 6.45) is -4.54. The molecule has 0 unspecified atom stereocenters. The fourth-order valence-electron chi connectivity index (χ4n) is 1.81. The predicted molar refractivity (Wildman–Crippen MR) is 85.4 cm³/mol. The van der Waals surface area contributed by atoms with Crippen molar-refractivity contribution in [1.29, 1.82) is 0 Å². The van der Waals surface area contributed by atoms with Crippen LogP contribution in [0, 0.1) is 5.82 Å². The first-order valence-electron chi connectivity index (χ1n) is 6.76. The van der Waals surface area contributed by atoms with Gasteiger partial charge in [-0.15, -0.1) is 11.8 Å². The van der Waals surface area contributed by atoms with Crippen molar-refractivity contribution in [2.24, 2.45) is 0 Å². The molecule has 0 fully saturated rings. The zero-order valence-electron chi connectivity index (χ0n) is 12.2. The molecule has 0 radical (unpaired) electrons. The van der Waals surface area contributed by atoms with Crippen LogP contribution in [0.15, 0.2) is 47.4 Å². The molecule has 128 valence electrons. The minimum atomic E-state index is -4.54. The van der Waals surface area contributed by atoms with Crippen LogP contribution in [-0.2, 0) is 17.5 Å². The van der Waals surface area contributed by atoms with E-state index in [-0.39, 0.29) is 29.0 Å². The topological polar surface area (TPSA) is 29.1 Å². The Hall–Kier alpha value is -1.73. The van der Waals surface area contributed by atoms with Crippen LogP contribution < -0.4 is 5.32 Å². The lowest BCUT2D eigenvalue weighted by Gasteiger charge is -2.11. The van der Waals surface area contributed by atoms with E-state index in [2.05, 4.69) is 5.32 Å². The Labute approximate surface area is 145 Å². The summed E-state index contributed by atoms with van der Waals surface area (Å²) in [5, 5.41) is 2.23. The van der Waals surface area contributed by atoms with E-state index in [4.69, 9.17) is 11.6 Å². The first kappa shape index (κ1) is 18.6. The number of hydrogen-bond donors (Lipinski definition) is 1. The summed E-state index contributed by atoms with van der Waals surface area (Å²) in [5.41, 5.74) is -0.207. The number of halogens is 5. The molecule has 0 aliphatic rings. The van der Waals surface area contributed by atoms with Crippen molar-refractivity contribution in [2.45, 2.75) is 17.6 Å². The molecular weight excluding hydrogens is 366 g/mol. The average Bonchev–Trinajstić information content (AvgIpc) is 2.52. The van der Waals surface area contributed by atoms with Gasteiger partial charge < -0.3 is 5.32 Å². The summed E-state index contributed by atoms with van der Waals surface area (Å²) in [7, 11) is 0. The monoisotopic (exact) mass is 377 g/mol. The van der Waals surface area contributed by atoms with Crippen LogP contribution in [0.25, 0.3) is 0 Å². The number of hydrogen-bond acceptors (Lipinski definition) is 2. The van der Waals surface area contributed by atoms with Crippen LogP contribution in [0.1, 0.15) is 11.1 Å². The second kappa shape index (κ2) is 7.90. The molecule has 0 saturated carbocycles. The third-order valence-electron chi connectivity index (χ3n) is 3.02. The second-order valence-corrected chi connectivity index (χ2v) is 6.29. The van der Waals surface area contributed by atoms with Crippen LogP contribution in [0.3, 0.4) is 0 Å². The van der Waals surface area contributed by atoms with Gasteiger partial charge in [-0.2, -0.15) is 13.2 Å². The standard InChI is InChI=1S/C16H12ClF4NOS/c17-14-6-5-12(7-13(14)16(19,20)21)24-9-15(23)22-8-10-1-3-11(18)4-2-10/h1-7H,8-9H2,(H,22,23). The van der Waals surface area contributed by atoms with Crippen LogP contribution in [-0.4, -0.2) is 11.7 Å². The maximum Gasteiger partial charge on any atom is 0.417 e. The van der Waals surface area contributed by atoms with Crippen molar-refractivity contribution >= 4 is 29.3 Å². The lowest BCUT2D eigenvalue weighted by atomic mass is 10.2. The van der Waals surface area contributed by atoms with Crippen molar-refractivity contribution < 1.29 is 22.4 Å². The maximum absolute atomic E-state index is 12.8. The molecule has 0 aromatic heterocycles. The summed E-state index contributed by atoms with van der Waals surface area (Å²) in [5.74, 6) is -0.753. The number of nitrogens with one attached hydrogen (secondary N) is 1. The van der Waals surface area contributed by atoms with Gasteiger partial charge in [0.1, 0.15) is 5.82 Å². The quantitative estimate of drug-likeness (QED) is 0.592. The molecule has 1 N–H and O–H groups in total. The van der Waals surface area contributed by atoms with Gasteiger partial charge in [-0.3, -0.25) is 4.79 Å². The van der Waals surface area contributed by atoms with Crippen LogP contribution in [0.5, 0.6) is 0 Å². The van der Waals surface area contributed by atoms with Gasteiger partial charge >= 0.3 is 6.18 Å². The van der Waals surface area contributed by atoms with Gasteiger partial charge in [0.05, 0.1) is 16.3 Å². The minimum Gasteiger partial charge on any atom is -0.351 e. The lowest BCUT2D eigenvalue weighted by Crippen LogP contribution is -2.24. The average molecular weight is 378 g/mol. The number of rotatable bonds is 5. The molecule has 2 rings (SSSR count). The van der Waals surface area contributed by atoms with Gasteiger partial charge in [-0.1, -0.05) is 23.7 Å². The summed E-state index contributed by atoms with van der Waals surface area (Å²) < 4.78 is 51.1. The van der Waals surface area contributed by atoms with Gasteiger partial charge in [-0.05, 0) is 35.9 Å². The first-order chi connectivity index (χ1) is 11.3. The van der Waals surface area contributed by atoms with Gasteiger partial charge in [0, 0.05) is 11.4 Å². The van der Waals surface area contributed by atoms with Crippen LogP contribution in [0.4, 0.5) is 17.6 Å². The van der Waals surface area contributed by atoms with E-state index < -0.39 is 11.7 Å². The van der Waals surface area contributed by atoms with Gasteiger partial charge in [0.25, 0.3) is 0 Å². The summed E-state index contributed by atoms with van der Waals surface area (Å²) in [6, 6.07) is 9.14. The number of carbonyl (C=O) groups is 1. The Balaban J connectivity index is 1.88. The fourth-order valence-corrected chi connectivity index (χ4v) is 2.80. The van der Waals surface area contributed by atoms with E-state index in [1.165, 1.54) is 30.3 Å². The zero-order chi connectivity index (χ0) is 17.7. The summed E-state index contributed by atoms with van der Waals surface area (Å²) >= 11 is 6.51. The lowest BCUT2D eigenvalue weighted by molar-refractivity contribution is -0.137. The van der Waals surface area contributed by atoms with Gasteiger partial charge in [0.2, 0.25) is 5.91 Å². The Bertz CT molecular complexity index is 719. The smallest absolute Gasteiger partial charge is 0.351 e. The largest absolute Gasteiger partial charge is 0.417 e. The molecule has 2 aromatic rings. The number of thioether (sulfide) groups is 1. The molecule has 0 spiro atoms. The molecule has 0 heterocycles. The van der Waals surface area contributed by atoms with Crippen molar-refractivity contribution in [3.63, 3.8) is 0 Å². The third-order valence-corrected chi connectivity index (χ3v) is 4.34. The predicted octanol–water partition coefficient (Wildman–Crippen LogP) is 4.91. The van der Waals surface area contributed by atoms with Crippen LogP contribution in [0.2, 0.25) is 5.02 Å². The van der Waals surface area contributed by atoms with E-state index in [0.29, 0.717) is 4.90 Å². The zero-order valence-corrected chi connectivity index (χ0v) is 13.7. The van der Waals surface area contributed by atoms with Gasteiger partial charge in [0.15, 0.2) is 0 Å². The van der Waals surface area contributed by atoms with E-state index in [0.717, 1.165) is 29.5 Å². The number of carbonyl (C=O) groups excluding carboxylic acids is 1. The number of amides is 1. The Morgan fingerprint density at radius 3 is 2.42 bits per heavy atom. The van der Waals surface area contributed by atoms with Crippen molar-refractivity contribution in [3.8, 4) is 0 Å². The second-order valence-electron chi connectivity index (χ2n) is 4.83. The SMILES string of the molecule is O=C(CSc1ccc(Cl)c(C(F)(F)F)c1)NCc1ccc(F)cc1. The summed E-state index contributed by atoms with van der Waals surface area (Å²) in [6.45, 7) is 0.216. The Morgan fingerprint density at radius 1 is 1.12 bits per heavy atom. The van der Waals surface area contributed by atoms with Crippen molar-refractivity contribution in [2.75, 3.05) is 5.75 Å². The maximum atomic E-state index is 12.8. The normalized spacial score (nSPS) is 11.4. The van der Waals surface area contributed by atoms with Crippen molar-refractivity contribution in [1.82, 2.24) is 5.32 Å². The summed E-state index contributed by atoms with van der Waals surface area (Å²) in [4.78, 5) is 12.0. The molecule has 1 amide bonds.